The Morgan fingerprint density at radius 1 is 1.59 bits per heavy atom. The van der Waals surface area contributed by atoms with E-state index in [9.17, 15) is 8.42 Å². The Morgan fingerprint density at radius 3 is 2.71 bits per heavy atom. The van der Waals surface area contributed by atoms with Crippen LogP contribution in [0, 0.1) is 12.8 Å². The van der Waals surface area contributed by atoms with Crippen molar-refractivity contribution in [2.45, 2.75) is 20.4 Å². The minimum atomic E-state index is -3.27. The van der Waals surface area contributed by atoms with Gasteiger partial charge in [-0.05, 0) is 12.8 Å². The van der Waals surface area contributed by atoms with E-state index in [1.165, 1.54) is 0 Å². The van der Waals surface area contributed by atoms with Crippen molar-refractivity contribution in [2.75, 3.05) is 11.6 Å². The smallest absolute Gasteiger partial charge is 0.212 e. The predicted molar refractivity (Wildman–Crippen MR) is 68.5 cm³/mol. The molecular weight excluding hydrogens is 262 g/mol. The third-order valence-electron chi connectivity index (χ3n) is 2.37. The normalized spacial score (nSPS) is 13.9. The van der Waals surface area contributed by atoms with Crippen LogP contribution in [-0.4, -0.2) is 29.8 Å². The van der Waals surface area contributed by atoms with Crippen molar-refractivity contribution >= 4 is 21.6 Å². The Labute approximate surface area is 107 Å². The molecule has 0 aliphatic heterocycles. The molecule has 0 fully saturated rings. The lowest BCUT2D eigenvalue weighted by Crippen LogP contribution is -2.29. The number of rotatable bonds is 6. The molecule has 0 bridgehead atoms. The summed E-state index contributed by atoms with van der Waals surface area (Å²) in [5, 5.41) is 4.15. The van der Waals surface area contributed by atoms with E-state index < -0.39 is 10.0 Å². The SMILES string of the molecule is Cc1nn(C)cc1CNS(=O)(=O)CC(C)CCl. The number of nitrogens with one attached hydrogen (secondary N) is 1. The Bertz CT molecular complexity index is 470. The van der Waals surface area contributed by atoms with Crippen LogP contribution in [0.15, 0.2) is 6.20 Å². The highest BCUT2D eigenvalue weighted by Gasteiger charge is 2.15. The van der Waals surface area contributed by atoms with Gasteiger partial charge in [-0.1, -0.05) is 6.92 Å². The highest BCUT2D eigenvalue weighted by Crippen LogP contribution is 2.06. The van der Waals surface area contributed by atoms with E-state index >= 15 is 0 Å². The first-order valence-electron chi connectivity index (χ1n) is 5.36. The summed E-state index contributed by atoms with van der Waals surface area (Å²) >= 11 is 5.60. The van der Waals surface area contributed by atoms with Gasteiger partial charge in [0.05, 0.1) is 11.4 Å². The number of nitrogens with zero attached hydrogens (tertiary/aromatic N) is 2. The second kappa shape index (κ2) is 5.84. The molecule has 0 radical (unpaired) electrons. The fourth-order valence-electron chi connectivity index (χ4n) is 1.49. The predicted octanol–water partition coefficient (Wildman–Crippen LogP) is 1.02. The summed E-state index contributed by atoms with van der Waals surface area (Å²) in [5.41, 5.74) is 1.72. The van der Waals surface area contributed by atoms with Crippen LogP contribution in [0.4, 0.5) is 0 Å². The summed E-state index contributed by atoms with van der Waals surface area (Å²) in [4.78, 5) is 0. The third kappa shape index (κ3) is 4.65. The van der Waals surface area contributed by atoms with Crippen LogP contribution in [0.25, 0.3) is 0 Å². The summed E-state index contributed by atoms with van der Waals surface area (Å²) < 4.78 is 27.6. The van der Waals surface area contributed by atoms with Gasteiger partial charge in [0.15, 0.2) is 0 Å². The zero-order valence-corrected chi connectivity index (χ0v) is 11.8. The van der Waals surface area contributed by atoms with Crippen molar-refractivity contribution in [1.82, 2.24) is 14.5 Å². The molecule has 1 unspecified atom stereocenters. The molecule has 1 N–H and O–H groups in total. The van der Waals surface area contributed by atoms with Crippen LogP contribution in [0.3, 0.4) is 0 Å². The van der Waals surface area contributed by atoms with Crippen LogP contribution in [0.5, 0.6) is 0 Å². The summed E-state index contributed by atoms with van der Waals surface area (Å²) in [6, 6.07) is 0. The molecule has 1 heterocycles. The zero-order valence-electron chi connectivity index (χ0n) is 10.3. The lowest BCUT2D eigenvalue weighted by atomic mass is 10.3. The molecule has 0 saturated heterocycles. The quantitative estimate of drug-likeness (QED) is 0.791. The molecule has 7 heteroatoms. The molecular formula is C10H18ClN3O2S. The minimum Gasteiger partial charge on any atom is -0.275 e. The Morgan fingerprint density at radius 2 is 2.24 bits per heavy atom. The van der Waals surface area contributed by atoms with Crippen LogP contribution in [-0.2, 0) is 23.6 Å². The van der Waals surface area contributed by atoms with Gasteiger partial charge in [0.2, 0.25) is 10.0 Å². The van der Waals surface area contributed by atoms with Gasteiger partial charge in [-0.3, -0.25) is 4.68 Å². The van der Waals surface area contributed by atoms with Crippen molar-refractivity contribution in [2.24, 2.45) is 13.0 Å². The molecule has 5 nitrogen and oxygen atoms in total. The average Bonchev–Trinajstić information content (AvgIpc) is 2.54. The summed E-state index contributed by atoms with van der Waals surface area (Å²) in [5.74, 6) is 0.340. The highest BCUT2D eigenvalue weighted by atomic mass is 35.5. The van der Waals surface area contributed by atoms with Crippen molar-refractivity contribution in [3.63, 3.8) is 0 Å². The fourth-order valence-corrected chi connectivity index (χ4v) is 3.09. The first-order chi connectivity index (χ1) is 7.84. The molecule has 0 aromatic carbocycles. The Hall–Kier alpha value is -0.590. The molecule has 0 aliphatic rings. The fraction of sp³-hybridized carbons (Fsp3) is 0.700. The second-order valence-electron chi connectivity index (χ2n) is 4.28. The first-order valence-corrected chi connectivity index (χ1v) is 7.55. The number of halogens is 1. The van der Waals surface area contributed by atoms with Crippen LogP contribution in [0.2, 0.25) is 0 Å². The Balaban J connectivity index is 2.58. The maximum Gasteiger partial charge on any atom is 0.212 e. The van der Waals surface area contributed by atoms with Crippen LogP contribution in [0.1, 0.15) is 18.2 Å². The average molecular weight is 280 g/mol. The van der Waals surface area contributed by atoms with Gasteiger partial charge in [-0.2, -0.15) is 5.10 Å². The maximum absolute atomic E-state index is 11.7. The highest BCUT2D eigenvalue weighted by molar-refractivity contribution is 7.89. The van der Waals surface area contributed by atoms with E-state index in [2.05, 4.69) is 9.82 Å². The third-order valence-corrected chi connectivity index (χ3v) is 4.48. The van der Waals surface area contributed by atoms with Crippen molar-refractivity contribution in [3.05, 3.63) is 17.5 Å². The molecule has 1 atom stereocenters. The molecule has 1 rings (SSSR count). The van der Waals surface area contributed by atoms with E-state index in [1.54, 1.807) is 11.7 Å². The topological polar surface area (TPSA) is 64.0 Å². The van der Waals surface area contributed by atoms with E-state index in [0.29, 0.717) is 5.88 Å². The standard InChI is InChI=1S/C10H18ClN3O2S/c1-8(4-11)7-17(15,16)12-5-10-6-14(3)13-9(10)2/h6,8,12H,4-5,7H2,1-3H3. The molecule has 0 saturated carbocycles. The second-order valence-corrected chi connectivity index (χ2v) is 6.44. The van der Waals surface area contributed by atoms with Gasteiger partial charge in [0.25, 0.3) is 0 Å². The number of aryl methyl sites for hydroxylation is 2. The van der Waals surface area contributed by atoms with Gasteiger partial charge in [0, 0.05) is 31.2 Å². The van der Waals surface area contributed by atoms with Crippen molar-refractivity contribution < 1.29 is 8.42 Å². The van der Waals surface area contributed by atoms with Crippen LogP contribution < -0.4 is 4.72 Å². The van der Waals surface area contributed by atoms with Crippen molar-refractivity contribution in [3.8, 4) is 0 Å². The van der Waals surface area contributed by atoms with Gasteiger partial charge >= 0.3 is 0 Å². The Kier molecular flexibility index (Phi) is 4.97. The molecule has 1 aromatic rings. The minimum absolute atomic E-state index is 0.0514. The molecule has 98 valence electrons. The number of hydrogen-bond acceptors (Lipinski definition) is 3. The largest absolute Gasteiger partial charge is 0.275 e. The monoisotopic (exact) mass is 279 g/mol. The van der Waals surface area contributed by atoms with E-state index in [0.717, 1.165) is 11.3 Å². The molecule has 0 aliphatic carbocycles. The molecule has 1 aromatic heterocycles. The van der Waals surface area contributed by atoms with Crippen molar-refractivity contribution in [1.29, 1.82) is 0 Å². The lowest BCUT2D eigenvalue weighted by Gasteiger charge is -2.09. The molecule has 17 heavy (non-hydrogen) atoms. The van der Waals surface area contributed by atoms with Gasteiger partial charge < -0.3 is 0 Å². The van der Waals surface area contributed by atoms with E-state index in [-0.39, 0.29) is 18.2 Å². The van der Waals surface area contributed by atoms with Gasteiger partial charge in [0.1, 0.15) is 0 Å². The molecule has 0 spiro atoms. The maximum atomic E-state index is 11.7. The van der Waals surface area contributed by atoms with E-state index in [4.69, 9.17) is 11.6 Å². The summed E-state index contributed by atoms with van der Waals surface area (Å²) in [6.07, 6.45) is 1.81. The van der Waals surface area contributed by atoms with Crippen LogP contribution >= 0.6 is 11.6 Å². The summed E-state index contributed by atoms with van der Waals surface area (Å²) in [6.45, 7) is 3.93. The first kappa shape index (κ1) is 14.5. The number of hydrogen-bond donors (Lipinski definition) is 1. The van der Waals surface area contributed by atoms with E-state index in [1.807, 2.05) is 20.0 Å². The number of aromatic nitrogens is 2. The molecule has 0 amide bonds. The van der Waals surface area contributed by atoms with Gasteiger partial charge in [-0.25, -0.2) is 13.1 Å². The lowest BCUT2D eigenvalue weighted by molar-refractivity contribution is 0.568. The zero-order chi connectivity index (χ0) is 13.1. The number of sulfonamides is 1. The summed E-state index contributed by atoms with van der Waals surface area (Å²) in [7, 11) is -1.46. The number of alkyl halides is 1. The van der Waals surface area contributed by atoms with Gasteiger partial charge in [-0.15, -0.1) is 11.6 Å².